The van der Waals surface area contributed by atoms with Gasteiger partial charge in [-0.25, -0.2) is 15.0 Å². The van der Waals surface area contributed by atoms with E-state index in [2.05, 4.69) is 75.0 Å². The molecule has 1 spiro atoms. The number of anilines is 2. The molecule has 0 radical (unpaired) electrons. The molecular weight excluding hydrogens is 921 g/mol. The number of hydrogen-bond donors (Lipinski definition) is 2. The van der Waals surface area contributed by atoms with Crippen LogP contribution in [0.1, 0.15) is 153 Å². The first kappa shape index (κ1) is 48.1. The molecule has 2 N–H and O–H groups in total. The van der Waals surface area contributed by atoms with E-state index in [4.69, 9.17) is 14.7 Å². The van der Waals surface area contributed by atoms with Gasteiger partial charge < -0.3 is 34.2 Å². The monoisotopic (exact) mass is 993 g/mol. The van der Waals surface area contributed by atoms with Gasteiger partial charge in [-0.3, -0.25) is 29.3 Å². The van der Waals surface area contributed by atoms with Crippen molar-refractivity contribution in [2.75, 3.05) is 49.5 Å². The van der Waals surface area contributed by atoms with Gasteiger partial charge in [0.2, 0.25) is 35.4 Å². The molecule has 8 heterocycles. The van der Waals surface area contributed by atoms with Gasteiger partial charge in [0.1, 0.15) is 11.6 Å². The highest BCUT2D eigenvalue weighted by Gasteiger charge is 2.56. The third kappa shape index (κ3) is 8.96. The number of amides is 5. The number of piperidine rings is 4. The van der Waals surface area contributed by atoms with Crippen molar-refractivity contribution in [1.29, 1.82) is 0 Å². The number of benzene rings is 1. The van der Waals surface area contributed by atoms with E-state index in [1.807, 2.05) is 22.2 Å². The average Bonchev–Trinajstić information content (AvgIpc) is 4.06. The van der Waals surface area contributed by atoms with Crippen molar-refractivity contribution in [1.82, 2.24) is 39.5 Å². The lowest BCUT2D eigenvalue weighted by Gasteiger charge is -2.48. The summed E-state index contributed by atoms with van der Waals surface area (Å²) in [5.41, 5.74) is 5.39. The van der Waals surface area contributed by atoms with E-state index in [0.717, 1.165) is 109 Å². The van der Waals surface area contributed by atoms with E-state index in [1.54, 1.807) is 12.3 Å². The van der Waals surface area contributed by atoms with Crippen molar-refractivity contribution in [3.63, 3.8) is 0 Å². The summed E-state index contributed by atoms with van der Waals surface area (Å²) in [5.74, 6) is 0.887. The highest BCUT2D eigenvalue weighted by molar-refractivity contribution is 6.09. The minimum atomic E-state index is -0.688. The molecule has 3 aliphatic carbocycles. The fourth-order valence-corrected chi connectivity index (χ4v) is 13.5. The van der Waals surface area contributed by atoms with Crippen LogP contribution in [0.3, 0.4) is 0 Å². The summed E-state index contributed by atoms with van der Waals surface area (Å²) in [6, 6.07) is 13.6. The van der Waals surface area contributed by atoms with Crippen LogP contribution < -0.4 is 20.3 Å². The summed E-state index contributed by atoms with van der Waals surface area (Å²) in [5, 5.41) is 6.11. The molecule has 73 heavy (non-hydrogen) atoms. The Balaban J connectivity index is 0.691. The summed E-state index contributed by atoms with van der Waals surface area (Å²) in [6.45, 7) is 10.9. The van der Waals surface area contributed by atoms with Gasteiger partial charge in [-0.1, -0.05) is 31.5 Å². The topological polar surface area (TPSA) is 175 Å². The SMILES string of the molecule is CC(C)n1cnc2cc(-c3ccc4c(c3)N(C3CC(N5CCCCC5)C3)C(=O)C43CCN(C(=O)C4(C)CCN(C(=O)C5CCC(Oc6ccc(C7CCC(=O)NC7=O)cn6)CC5)CC4)CC3)nc(NC3CC3)c21. The van der Waals surface area contributed by atoms with Crippen molar-refractivity contribution in [3.8, 4) is 17.1 Å². The van der Waals surface area contributed by atoms with Crippen molar-refractivity contribution in [2.45, 2.75) is 172 Å². The van der Waals surface area contributed by atoms with Crippen LogP contribution >= 0.6 is 0 Å². The van der Waals surface area contributed by atoms with Gasteiger partial charge in [-0.15, -0.1) is 0 Å². The van der Waals surface area contributed by atoms with Crippen LogP contribution in [0.15, 0.2) is 48.9 Å². The van der Waals surface area contributed by atoms with E-state index in [-0.39, 0.29) is 59.6 Å². The first-order chi connectivity index (χ1) is 35.3. The van der Waals surface area contributed by atoms with Gasteiger partial charge in [0.05, 0.1) is 28.9 Å². The van der Waals surface area contributed by atoms with E-state index in [0.29, 0.717) is 82.7 Å². The third-order valence-electron chi connectivity index (χ3n) is 18.4. The van der Waals surface area contributed by atoms with Gasteiger partial charge in [-0.05, 0) is 147 Å². The molecule has 1 atom stereocenters. The Bertz CT molecular complexity index is 2790. The van der Waals surface area contributed by atoms with Crippen molar-refractivity contribution >= 4 is 52.1 Å². The zero-order valence-electron chi connectivity index (χ0n) is 43.0. The Hall–Kier alpha value is -5.90. The number of carbonyl (C=O) groups excluding carboxylic acids is 5. The molecule has 0 bridgehead atoms. The second kappa shape index (κ2) is 19.1. The molecule has 5 amide bonds. The molecule has 7 fully saturated rings. The molecule has 1 aromatic carbocycles. The minimum Gasteiger partial charge on any atom is -0.474 e. The first-order valence-electron chi connectivity index (χ1n) is 27.8. The number of hydrogen-bond acceptors (Lipinski definition) is 11. The Morgan fingerprint density at radius 1 is 0.808 bits per heavy atom. The molecule has 3 saturated carbocycles. The van der Waals surface area contributed by atoms with Crippen LogP contribution in [0, 0.1) is 11.3 Å². The van der Waals surface area contributed by atoms with Crippen molar-refractivity contribution in [3.05, 3.63) is 60.0 Å². The molecule has 4 aromatic rings. The smallest absolute Gasteiger partial charge is 0.238 e. The largest absolute Gasteiger partial charge is 0.474 e. The maximum Gasteiger partial charge on any atom is 0.238 e. The lowest BCUT2D eigenvalue weighted by Crippen LogP contribution is -2.59. The third-order valence-corrected chi connectivity index (χ3v) is 18.4. The number of imidazole rings is 1. The van der Waals surface area contributed by atoms with Crippen LogP contribution in [0.4, 0.5) is 11.5 Å². The number of aromatic nitrogens is 4. The molecule has 8 aliphatic rings. The fraction of sp³-hybridized carbons (Fsp3) is 0.614. The molecule has 12 rings (SSSR count). The average molecular weight is 993 g/mol. The Kier molecular flexibility index (Phi) is 12.6. The van der Waals surface area contributed by atoms with Crippen LogP contribution in [0.5, 0.6) is 5.88 Å². The predicted octanol–water partition coefficient (Wildman–Crippen LogP) is 7.66. The molecule has 3 aromatic heterocycles. The van der Waals surface area contributed by atoms with Gasteiger partial charge in [0.15, 0.2) is 5.82 Å². The van der Waals surface area contributed by atoms with E-state index < -0.39 is 10.8 Å². The number of likely N-dealkylation sites (tertiary alicyclic amines) is 3. The number of nitrogens with zero attached hydrogens (tertiary/aromatic N) is 8. The van der Waals surface area contributed by atoms with Crippen LogP contribution in [-0.2, 0) is 29.4 Å². The highest BCUT2D eigenvalue weighted by Crippen LogP contribution is 2.53. The summed E-state index contributed by atoms with van der Waals surface area (Å²) in [7, 11) is 0. The second-order valence-corrected chi connectivity index (χ2v) is 23.5. The Labute approximate surface area is 428 Å². The zero-order chi connectivity index (χ0) is 50.2. The van der Waals surface area contributed by atoms with E-state index in [1.165, 1.54) is 19.3 Å². The number of pyridine rings is 2. The zero-order valence-corrected chi connectivity index (χ0v) is 43.0. The van der Waals surface area contributed by atoms with Gasteiger partial charge >= 0.3 is 0 Å². The summed E-state index contributed by atoms with van der Waals surface area (Å²) in [4.78, 5) is 91.1. The Morgan fingerprint density at radius 2 is 1.55 bits per heavy atom. The lowest BCUT2D eigenvalue weighted by molar-refractivity contribution is -0.150. The van der Waals surface area contributed by atoms with E-state index >= 15 is 4.79 Å². The molecule has 5 aliphatic heterocycles. The van der Waals surface area contributed by atoms with Gasteiger partial charge in [0.25, 0.3) is 0 Å². The maximum atomic E-state index is 15.3. The number of carbonyl (C=O) groups is 5. The molecule has 4 saturated heterocycles. The summed E-state index contributed by atoms with van der Waals surface area (Å²) >= 11 is 0. The van der Waals surface area contributed by atoms with Crippen LogP contribution in [0.25, 0.3) is 22.3 Å². The second-order valence-electron chi connectivity index (χ2n) is 23.5. The number of imide groups is 1. The van der Waals surface area contributed by atoms with Crippen LogP contribution in [-0.4, -0.2) is 127 Å². The van der Waals surface area contributed by atoms with Crippen LogP contribution in [0.2, 0.25) is 0 Å². The lowest BCUT2D eigenvalue weighted by atomic mass is 9.72. The van der Waals surface area contributed by atoms with Crippen molar-refractivity contribution in [2.24, 2.45) is 11.3 Å². The summed E-state index contributed by atoms with van der Waals surface area (Å²) < 4.78 is 8.42. The van der Waals surface area contributed by atoms with Gasteiger partial charge in [0, 0.05) is 91.6 Å². The normalized spacial score (nSPS) is 27.3. The molecule has 16 nitrogen and oxygen atoms in total. The molecule has 16 heteroatoms. The predicted molar refractivity (Wildman–Crippen MR) is 277 cm³/mol. The number of rotatable bonds is 11. The minimum absolute atomic E-state index is 0.0468. The standard InChI is InChI=1S/C57H72N10O6/c1-35(2)66-34-59-46-32-45(61-51(50(46)66)60-39-11-12-39)37-9-16-44-47(29-37)67(41-30-40(31-41)63-23-5-4-6-24-63)55(72)57(44)21-27-65(28-22-57)54(71)56(3)19-25-64(26-20-56)53(70)36-7-13-42(14-8-36)73-49-18-10-38(33-58-49)43-15-17-48(68)62-52(43)69/h9-10,16,18,29,32-36,39-43H,4-8,11-15,17,19-28,30-31H2,1-3H3,(H,60,61)(H,62,68,69). The number of fused-ring (bicyclic) bond motifs is 3. The highest BCUT2D eigenvalue weighted by atomic mass is 16.5. The number of ether oxygens (including phenoxy) is 1. The van der Waals surface area contributed by atoms with Gasteiger partial charge in [-0.2, -0.15) is 0 Å². The Morgan fingerprint density at radius 3 is 2.23 bits per heavy atom. The first-order valence-corrected chi connectivity index (χ1v) is 27.8. The molecule has 1 unspecified atom stereocenters. The molecular formula is C57H72N10O6. The number of nitrogens with one attached hydrogen (secondary N) is 2. The molecule has 386 valence electrons. The summed E-state index contributed by atoms with van der Waals surface area (Å²) in [6.07, 6.45) is 17.7. The van der Waals surface area contributed by atoms with E-state index in [9.17, 15) is 19.2 Å². The maximum absolute atomic E-state index is 15.3. The quantitative estimate of drug-likeness (QED) is 0.141. The van der Waals surface area contributed by atoms with Crippen molar-refractivity contribution < 1.29 is 28.7 Å². The fourth-order valence-electron chi connectivity index (χ4n) is 13.5.